The van der Waals surface area contributed by atoms with E-state index in [1.165, 1.54) is 0 Å². The van der Waals surface area contributed by atoms with Gasteiger partial charge in [-0.1, -0.05) is 29.4 Å². The molecule has 0 spiro atoms. The molecule has 3 aromatic rings. The zero-order valence-corrected chi connectivity index (χ0v) is 19.9. The predicted octanol–water partition coefficient (Wildman–Crippen LogP) is 3.88. The van der Waals surface area contributed by atoms with Gasteiger partial charge in [-0.2, -0.15) is 0 Å². The Morgan fingerprint density at radius 2 is 1.82 bits per heavy atom. The quantitative estimate of drug-likeness (QED) is 0.437. The number of hydrogen-bond donors (Lipinski definition) is 2. The fourth-order valence-corrected chi connectivity index (χ4v) is 3.89. The number of rotatable bonds is 9. The standard InChI is InChI=1S/C22H24ClN5O4S/c1-4-31-16-7-9-17(10-8-16)32-12-19-26-27-22(33-14(3)20(29)25-21(24)30)28(19)15-6-5-13(2)18(23)11-15/h5-11,14H,4,12H2,1-3H3,(H3,24,25,29,30). The normalized spacial score (nSPS) is 11.6. The third-order valence-corrected chi connectivity index (χ3v) is 5.96. The Hall–Kier alpha value is -3.24. The maximum absolute atomic E-state index is 12.1. The van der Waals surface area contributed by atoms with Crippen LogP contribution in [0.1, 0.15) is 25.2 Å². The Bertz CT molecular complexity index is 1140. The van der Waals surface area contributed by atoms with Crippen molar-refractivity contribution >= 4 is 35.3 Å². The summed E-state index contributed by atoms with van der Waals surface area (Å²) in [4.78, 5) is 23.2. The van der Waals surface area contributed by atoms with E-state index in [-0.39, 0.29) is 6.61 Å². The lowest BCUT2D eigenvalue weighted by molar-refractivity contribution is -0.119. The van der Waals surface area contributed by atoms with Crippen LogP contribution in [0.15, 0.2) is 47.6 Å². The number of aryl methyl sites for hydroxylation is 1. The van der Waals surface area contributed by atoms with Crippen molar-refractivity contribution in [1.82, 2.24) is 20.1 Å². The van der Waals surface area contributed by atoms with Gasteiger partial charge in [0.25, 0.3) is 0 Å². The van der Waals surface area contributed by atoms with E-state index in [2.05, 4.69) is 15.5 Å². The van der Waals surface area contributed by atoms with E-state index in [9.17, 15) is 9.59 Å². The molecule has 0 bridgehead atoms. The summed E-state index contributed by atoms with van der Waals surface area (Å²) in [6.45, 7) is 6.16. The molecule has 0 radical (unpaired) electrons. The topological polar surface area (TPSA) is 121 Å². The van der Waals surface area contributed by atoms with Crippen LogP contribution in [0.5, 0.6) is 11.5 Å². The Kier molecular flexibility index (Phi) is 8.18. The van der Waals surface area contributed by atoms with Crippen molar-refractivity contribution in [2.24, 2.45) is 5.73 Å². The van der Waals surface area contributed by atoms with Crippen LogP contribution in [-0.2, 0) is 11.4 Å². The lowest BCUT2D eigenvalue weighted by Gasteiger charge is -2.14. The zero-order chi connectivity index (χ0) is 24.0. The van der Waals surface area contributed by atoms with E-state index in [0.717, 1.165) is 23.1 Å². The van der Waals surface area contributed by atoms with E-state index in [1.54, 1.807) is 29.7 Å². The van der Waals surface area contributed by atoms with Crippen LogP contribution in [0.25, 0.3) is 5.69 Å². The summed E-state index contributed by atoms with van der Waals surface area (Å²) in [5, 5.41) is 10.9. The van der Waals surface area contributed by atoms with Gasteiger partial charge in [0.15, 0.2) is 11.0 Å². The van der Waals surface area contributed by atoms with Crippen LogP contribution in [0.3, 0.4) is 0 Å². The first-order chi connectivity index (χ1) is 15.8. The minimum atomic E-state index is -0.913. The largest absolute Gasteiger partial charge is 0.494 e. The number of nitrogens with zero attached hydrogens (tertiary/aromatic N) is 3. The van der Waals surface area contributed by atoms with Gasteiger partial charge in [0.2, 0.25) is 5.91 Å². The van der Waals surface area contributed by atoms with Crippen molar-refractivity contribution in [3.63, 3.8) is 0 Å². The number of halogens is 1. The number of primary amides is 1. The molecular formula is C22H24ClN5O4S. The molecule has 1 atom stereocenters. The van der Waals surface area contributed by atoms with Crippen LogP contribution in [0.4, 0.5) is 4.79 Å². The lowest BCUT2D eigenvalue weighted by Crippen LogP contribution is -2.39. The molecule has 1 unspecified atom stereocenters. The highest BCUT2D eigenvalue weighted by Crippen LogP contribution is 2.29. The third-order valence-electron chi connectivity index (χ3n) is 4.51. The molecule has 3 amide bonds. The Balaban J connectivity index is 1.87. The van der Waals surface area contributed by atoms with Crippen LogP contribution in [-0.4, -0.2) is 38.6 Å². The van der Waals surface area contributed by atoms with E-state index < -0.39 is 17.2 Å². The number of aromatic nitrogens is 3. The highest BCUT2D eigenvalue weighted by Gasteiger charge is 2.22. The molecule has 9 nitrogen and oxygen atoms in total. The molecule has 3 N–H and O–H groups in total. The van der Waals surface area contributed by atoms with Gasteiger partial charge in [-0.3, -0.25) is 14.7 Å². The van der Waals surface area contributed by atoms with Crippen LogP contribution in [0, 0.1) is 6.92 Å². The molecule has 33 heavy (non-hydrogen) atoms. The maximum Gasteiger partial charge on any atom is 0.318 e. The average molecular weight is 490 g/mol. The molecule has 1 aromatic heterocycles. The minimum absolute atomic E-state index is 0.120. The number of benzene rings is 2. The fourth-order valence-electron chi connectivity index (χ4n) is 2.83. The van der Waals surface area contributed by atoms with Crippen molar-refractivity contribution in [3.8, 4) is 17.2 Å². The number of nitrogens with two attached hydrogens (primary N) is 1. The lowest BCUT2D eigenvalue weighted by atomic mass is 10.2. The molecule has 0 aliphatic rings. The average Bonchev–Trinajstić information content (AvgIpc) is 3.17. The Morgan fingerprint density at radius 1 is 1.15 bits per heavy atom. The van der Waals surface area contributed by atoms with Gasteiger partial charge in [-0.15, -0.1) is 10.2 Å². The van der Waals surface area contributed by atoms with E-state index in [1.807, 2.05) is 38.1 Å². The summed E-state index contributed by atoms with van der Waals surface area (Å²) in [6.07, 6.45) is 0. The first kappa shape index (κ1) is 24.4. The van der Waals surface area contributed by atoms with Gasteiger partial charge >= 0.3 is 6.03 Å². The molecule has 11 heteroatoms. The van der Waals surface area contributed by atoms with Crippen molar-refractivity contribution in [2.75, 3.05) is 6.61 Å². The summed E-state index contributed by atoms with van der Waals surface area (Å²) >= 11 is 7.47. The summed E-state index contributed by atoms with van der Waals surface area (Å²) in [5.41, 5.74) is 6.68. The summed E-state index contributed by atoms with van der Waals surface area (Å²) in [6, 6.07) is 11.9. The first-order valence-electron chi connectivity index (χ1n) is 10.1. The second-order valence-electron chi connectivity index (χ2n) is 6.97. The molecule has 0 fully saturated rings. The monoisotopic (exact) mass is 489 g/mol. The van der Waals surface area contributed by atoms with Crippen LogP contribution in [0.2, 0.25) is 5.02 Å². The van der Waals surface area contributed by atoms with Gasteiger partial charge in [0.05, 0.1) is 17.5 Å². The van der Waals surface area contributed by atoms with Gasteiger partial charge in [-0.25, -0.2) is 4.79 Å². The molecular weight excluding hydrogens is 466 g/mol. The molecule has 0 saturated carbocycles. The highest BCUT2D eigenvalue weighted by atomic mass is 35.5. The second-order valence-corrected chi connectivity index (χ2v) is 8.69. The Labute approximate surface area is 200 Å². The predicted molar refractivity (Wildman–Crippen MR) is 126 cm³/mol. The molecule has 0 aliphatic heterocycles. The van der Waals surface area contributed by atoms with Gasteiger partial charge in [-0.05, 0) is 62.7 Å². The molecule has 3 rings (SSSR count). The van der Waals surface area contributed by atoms with E-state index in [0.29, 0.717) is 34.0 Å². The van der Waals surface area contributed by atoms with Crippen molar-refractivity contribution in [3.05, 3.63) is 58.9 Å². The summed E-state index contributed by atoms with van der Waals surface area (Å²) in [5.74, 6) is 1.37. The number of hydrogen-bond acceptors (Lipinski definition) is 7. The van der Waals surface area contributed by atoms with Crippen molar-refractivity contribution < 1.29 is 19.1 Å². The summed E-state index contributed by atoms with van der Waals surface area (Å²) < 4.78 is 13.1. The smallest absolute Gasteiger partial charge is 0.318 e. The van der Waals surface area contributed by atoms with Crippen molar-refractivity contribution in [2.45, 2.75) is 37.8 Å². The minimum Gasteiger partial charge on any atom is -0.494 e. The number of carbonyl (C=O) groups excluding carboxylic acids is 2. The molecule has 174 valence electrons. The highest BCUT2D eigenvalue weighted by molar-refractivity contribution is 8.00. The summed E-state index contributed by atoms with van der Waals surface area (Å²) in [7, 11) is 0. The number of thioether (sulfide) groups is 1. The number of urea groups is 1. The SMILES string of the molecule is CCOc1ccc(OCc2nnc(SC(C)C(=O)NC(N)=O)n2-c2ccc(C)c(Cl)c2)cc1. The van der Waals surface area contributed by atoms with E-state index in [4.69, 9.17) is 26.8 Å². The van der Waals surface area contributed by atoms with E-state index >= 15 is 0 Å². The molecule has 1 heterocycles. The first-order valence-corrected chi connectivity index (χ1v) is 11.4. The van der Waals surface area contributed by atoms with Crippen molar-refractivity contribution in [1.29, 1.82) is 0 Å². The number of amides is 3. The van der Waals surface area contributed by atoms with Gasteiger partial charge < -0.3 is 15.2 Å². The van der Waals surface area contributed by atoms with Crippen LogP contribution < -0.4 is 20.5 Å². The number of nitrogens with one attached hydrogen (secondary N) is 1. The number of ether oxygens (including phenoxy) is 2. The fraction of sp³-hybridized carbons (Fsp3) is 0.273. The number of carbonyl (C=O) groups is 2. The number of imide groups is 1. The Morgan fingerprint density at radius 3 is 2.42 bits per heavy atom. The molecule has 2 aromatic carbocycles. The van der Waals surface area contributed by atoms with Gasteiger partial charge in [0, 0.05) is 5.02 Å². The maximum atomic E-state index is 12.1. The van der Waals surface area contributed by atoms with Crippen LogP contribution >= 0.6 is 23.4 Å². The second kappa shape index (κ2) is 11.1. The molecule has 0 saturated heterocycles. The zero-order valence-electron chi connectivity index (χ0n) is 18.4. The molecule has 0 aliphatic carbocycles. The third kappa shape index (κ3) is 6.39. The van der Waals surface area contributed by atoms with Gasteiger partial charge in [0.1, 0.15) is 18.1 Å².